The molecule has 1 spiro atoms. The number of para-hydroxylation sites is 1. The maximum absolute atomic E-state index is 12.2. The molecule has 27 heavy (non-hydrogen) atoms. The van der Waals surface area contributed by atoms with Gasteiger partial charge in [0.25, 0.3) is 0 Å². The first-order valence-corrected chi connectivity index (χ1v) is 10.2. The highest BCUT2D eigenvalue weighted by Crippen LogP contribution is 2.39. The average molecular weight is 370 g/mol. The Bertz CT molecular complexity index is 843. The highest BCUT2D eigenvalue weighted by atomic mass is 16.3. The third kappa shape index (κ3) is 3.50. The fraction of sp³-hybridized carbons (Fsp3) is 0.591. The third-order valence-electron chi connectivity index (χ3n) is 6.68. The number of aliphatic hydroxyl groups is 1. The summed E-state index contributed by atoms with van der Waals surface area (Å²) < 4.78 is 0. The Labute approximate surface area is 161 Å². The molecule has 4 rings (SSSR count). The number of hydrogen-bond acceptors (Lipinski definition) is 3. The number of aromatic nitrogens is 1. The van der Waals surface area contributed by atoms with Crippen molar-refractivity contribution >= 4 is 16.8 Å². The van der Waals surface area contributed by atoms with Gasteiger partial charge in [0.05, 0.1) is 12.1 Å². The van der Waals surface area contributed by atoms with E-state index in [0.29, 0.717) is 13.0 Å². The van der Waals surface area contributed by atoms with Crippen molar-refractivity contribution in [2.45, 2.75) is 46.1 Å². The molecule has 2 aromatic rings. The van der Waals surface area contributed by atoms with Crippen molar-refractivity contribution in [1.29, 1.82) is 0 Å². The topological polar surface area (TPSA) is 59.6 Å². The van der Waals surface area contributed by atoms with Crippen LogP contribution in [-0.4, -0.2) is 58.6 Å². The van der Waals surface area contributed by atoms with Crippen LogP contribution in [-0.2, 0) is 11.3 Å². The van der Waals surface area contributed by atoms with E-state index in [2.05, 4.69) is 41.9 Å². The van der Waals surface area contributed by atoms with E-state index in [1.54, 1.807) is 0 Å². The van der Waals surface area contributed by atoms with Gasteiger partial charge in [0.2, 0.25) is 5.91 Å². The number of piperidine rings is 2. The van der Waals surface area contributed by atoms with Gasteiger partial charge in [-0.2, -0.15) is 0 Å². The monoisotopic (exact) mass is 369 g/mol. The number of nitrogens with zero attached hydrogens (tertiary/aromatic N) is 2. The van der Waals surface area contributed by atoms with Crippen molar-refractivity contribution in [3.8, 4) is 0 Å². The molecule has 1 unspecified atom stereocenters. The summed E-state index contributed by atoms with van der Waals surface area (Å²) in [6.45, 7) is 8.76. The molecule has 2 aliphatic heterocycles. The second-order valence-electron chi connectivity index (χ2n) is 8.57. The number of hydrogen-bond donors (Lipinski definition) is 2. The van der Waals surface area contributed by atoms with Gasteiger partial charge in [0.1, 0.15) is 0 Å². The fourth-order valence-corrected chi connectivity index (χ4v) is 5.12. The van der Waals surface area contributed by atoms with Crippen LogP contribution in [0, 0.1) is 19.3 Å². The van der Waals surface area contributed by atoms with Crippen molar-refractivity contribution in [2.24, 2.45) is 5.41 Å². The number of β-amino-alcohol motifs (C(OH)–C–C–N with tert-alkyl or cyclic N) is 1. The number of aryl methyl sites for hydroxylation is 2. The second-order valence-corrected chi connectivity index (χ2v) is 8.57. The highest BCUT2D eigenvalue weighted by molar-refractivity contribution is 5.87. The van der Waals surface area contributed by atoms with Crippen LogP contribution in [0.5, 0.6) is 0 Å². The summed E-state index contributed by atoms with van der Waals surface area (Å²) in [4.78, 5) is 20.2. The van der Waals surface area contributed by atoms with E-state index < -0.39 is 0 Å². The number of likely N-dealkylation sites (tertiary alicyclic amines) is 2. The minimum Gasteiger partial charge on any atom is -0.395 e. The van der Waals surface area contributed by atoms with Crippen molar-refractivity contribution in [1.82, 2.24) is 14.8 Å². The lowest BCUT2D eigenvalue weighted by Crippen LogP contribution is -2.54. The Kier molecular flexibility index (Phi) is 4.99. The summed E-state index contributed by atoms with van der Waals surface area (Å²) >= 11 is 0. The lowest BCUT2D eigenvalue weighted by atomic mass is 9.73. The Hall–Kier alpha value is -1.85. The number of nitrogens with one attached hydrogen (secondary N) is 1. The Morgan fingerprint density at radius 1 is 1.22 bits per heavy atom. The summed E-state index contributed by atoms with van der Waals surface area (Å²) in [5.74, 6) is 0.203. The maximum atomic E-state index is 12.2. The lowest BCUT2D eigenvalue weighted by Gasteiger charge is -2.48. The van der Waals surface area contributed by atoms with E-state index in [1.807, 2.05) is 4.90 Å². The molecular formula is C22H31N3O2. The molecule has 1 atom stereocenters. The molecule has 2 aliphatic rings. The molecule has 1 amide bonds. The van der Waals surface area contributed by atoms with Crippen LogP contribution in [0.1, 0.15) is 42.5 Å². The maximum Gasteiger partial charge on any atom is 0.222 e. The molecule has 5 nitrogen and oxygen atoms in total. The summed E-state index contributed by atoms with van der Waals surface area (Å²) in [6, 6.07) is 6.61. The Balaban J connectivity index is 1.52. The predicted octanol–water partition coefficient (Wildman–Crippen LogP) is 2.98. The highest BCUT2D eigenvalue weighted by Gasteiger charge is 2.41. The first-order chi connectivity index (χ1) is 13.0. The van der Waals surface area contributed by atoms with Crippen molar-refractivity contribution in [3.63, 3.8) is 0 Å². The summed E-state index contributed by atoms with van der Waals surface area (Å²) in [6.07, 6.45) is 3.97. The predicted molar refractivity (Wildman–Crippen MR) is 108 cm³/mol. The van der Waals surface area contributed by atoms with E-state index in [-0.39, 0.29) is 17.9 Å². The van der Waals surface area contributed by atoms with E-state index in [4.69, 9.17) is 0 Å². The van der Waals surface area contributed by atoms with Crippen molar-refractivity contribution in [3.05, 3.63) is 35.0 Å². The van der Waals surface area contributed by atoms with E-state index >= 15 is 0 Å². The number of carbonyl (C=O) groups excluding carboxylic acids is 1. The van der Waals surface area contributed by atoms with Crippen molar-refractivity contribution < 1.29 is 9.90 Å². The van der Waals surface area contributed by atoms with Gasteiger partial charge in [-0.25, -0.2) is 0 Å². The molecule has 1 aromatic carbocycles. The quantitative estimate of drug-likeness (QED) is 0.871. The van der Waals surface area contributed by atoms with Gasteiger partial charge in [0, 0.05) is 49.1 Å². The average Bonchev–Trinajstić information content (AvgIpc) is 2.95. The first kappa shape index (κ1) is 18.5. The van der Waals surface area contributed by atoms with Crippen LogP contribution in [0.4, 0.5) is 0 Å². The van der Waals surface area contributed by atoms with Gasteiger partial charge in [-0.3, -0.25) is 9.69 Å². The molecule has 146 valence electrons. The second kappa shape index (κ2) is 7.28. The fourth-order valence-electron chi connectivity index (χ4n) is 5.12. The van der Waals surface area contributed by atoms with Gasteiger partial charge in [-0.15, -0.1) is 0 Å². The first-order valence-electron chi connectivity index (χ1n) is 10.2. The molecule has 1 aromatic heterocycles. The molecule has 0 bridgehead atoms. The van der Waals surface area contributed by atoms with E-state index in [1.165, 1.54) is 40.6 Å². The molecule has 0 saturated carbocycles. The van der Waals surface area contributed by atoms with Crippen molar-refractivity contribution in [2.75, 3.05) is 32.8 Å². The summed E-state index contributed by atoms with van der Waals surface area (Å²) in [5, 5.41) is 10.6. The minimum absolute atomic E-state index is 0.0546. The van der Waals surface area contributed by atoms with Crippen LogP contribution in [0.25, 0.3) is 10.9 Å². The minimum atomic E-state index is 0.0546. The zero-order valence-corrected chi connectivity index (χ0v) is 16.6. The zero-order valence-electron chi connectivity index (χ0n) is 16.6. The van der Waals surface area contributed by atoms with Gasteiger partial charge in [-0.1, -0.05) is 18.2 Å². The number of H-pyrrole nitrogens is 1. The number of amides is 1. The largest absolute Gasteiger partial charge is 0.395 e. The molecule has 5 heteroatoms. The van der Waals surface area contributed by atoms with Gasteiger partial charge >= 0.3 is 0 Å². The number of carbonyl (C=O) groups is 1. The summed E-state index contributed by atoms with van der Waals surface area (Å²) in [5.41, 5.74) is 5.41. The van der Waals surface area contributed by atoms with E-state index in [9.17, 15) is 9.90 Å². The Morgan fingerprint density at radius 2 is 2.07 bits per heavy atom. The molecule has 2 fully saturated rings. The van der Waals surface area contributed by atoms with Gasteiger partial charge in [-0.05, 0) is 50.8 Å². The lowest BCUT2D eigenvalue weighted by molar-refractivity contribution is -0.140. The van der Waals surface area contributed by atoms with Gasteiger partial charge in [0.15, 0.2) is 0 Å². The number of aromatic amines is 1. The van der Waals surface area contributed by atoms with Crippen LogP contribution in [0.2, 0.25) is 0 Å². The van der Waals surface area contributed by atoms with Crippen LogP contribution >= 0.6 is 0 Å². The number of benzene rings is 1. The molecule has 2 saturated heterocycles. The SMILES string of the molecule is Cc1[nH]c2c(CN3CCCC4(CCC(=O)N(CCO)C4)C3)cccc2c1C. The number of fused-ring (bicyclic) bond motifs is 1. The van der Waals surface area contributed by atoms with Crippen LogP contribution in [0.3, 0.4) is 0 Å². The Morgan fingerprint density at radius 3 is 2.89 bits per heavy atom. The zero-order chi connectivity index (χ0) is 19.0. The van der Waals surface area contributed by atoms with Crippen LogP contribution < -0.4 is 0 Å². The molecule has 0 radical (unpaired) electrons. The molecule has 2 N–H and O–H groups in total. The van der Waals surface area contributed by atoms with E-state index in [0.717, 1.165) is 32.6 Å². The van der Waals surface area contributed by atoms with Gasteiger partial charge < -0.3 is 15.0 Å². The van der Waals surface area contributed by atoms with Crippen LogP contribution in [0.15, 0.2) is 18.2 Å². The smallest absolute Gasteiger partial charge is 0.222 e. The number of rotatable bonds is 4. The normalized spacial score (nSPS) is 24.3. The molecule has 0 aliphatic carbocycles. The summed E-state index contributed by atoms with van der Waals surface area (Å²) in [7, 11) is 0. The third-order valence-corrected chi connectivity index (χ3v) is 6.68. The standard InChI is InChI=1S/C22H31N3O2/c1-16-17(2)23-21-18(5-3-6-19(16)21)13-24-10-4-8-22(14-24)9-7-20(27)25(15-22)11-12-26/h3,5-6,23,26H,4,7-15H2,1-2H3. The number of aliphatic hydroxyl groups excluding tert-OH is 1. The molecule has 3 heterocycles. The molecular weight excluding hydrogens is 338 g/mol.